The molecule has 1 aromatic carbocycles. The summed E-state index contributed by atoms with van der Waals surface area (Å²) in [7, 11) is 1.97. The van der Waals surface area contributed by atoms with Crippen molar-refractivity contribution in [3.05, 3.63) is 29.3 Å². The molecule has 0 radical (unpaired) electrons. The molecule has 1 fully saturated rings. The van der Waals surface area contributed by atoms with Crippen molar-refractivity contribution in [2.45, 2.75) is 44.6 Å². The van der Waals surface area contributed by atoms with Gasteiger partial charge in [0.05, 0.1) is 13.2 Å². The number of hydrogen-bond acceptors (Lipinski definition) is 3. The molecule has 23 heavy (non-hydrogen) atoms. The van der Waals surface area contributed by atoms with Crippen LogP contribution in [0.15, 0.2) is 24.3 Å². The molecule has 0 spiro atoms. The summed E-state index contributed by atoms with van der Waals surface area (Å²) >= 11 is 5.91. The van der Waals surface area contributed by atoms with Crippen LogP contribution in [0.1, 0.15) is 38.5 Å². The highest BCUT2D eigenvalue weighted by atomic mass is 35.5. The molecule has 0 heterocycles. The Bertz CT molecular complexity index is 490. The maximum absolute atomic E-state index is 12.0. The lowest BCUT2D eigenvalue weighted by Crippen LogP contribution is -2.42. The zero-order valence-electron chi connectivity index (χ0n) is 13.9. The second-order valence-corrected chi connectivity index (χ2v) is 6.74. The molecule has 0 bridgehead atoms. The van der Waals surface area contributed by atoms with Crippen molar-refractivity contribution in [3.63, 3.8) is 0 Å². The van der Waals surface area contributed by atoms with Crippen LogP contribution in [0.4, 0.5) is 0 Å². The van der Waals surface area contributed by atoms with Crippen molar-refractivity contribution in [1.29, 1.82) is 0 Å². The Balaban J connectivity index is 1.57. The average Bonchev–Trinajstić information content (AvgIpc) is 2.52. The highest BCUT2D eigenvalue weighted by Gasteiger charge is 2.16. The summed E-state index contributed by atoms with van der Waals surface area (Å²) in [5.41, 5.74) is 0. The molecule has 0 aliphatic heterocycles. The van der Waals surface area contributed by atoms with Crippen molar-refractivity contribution in [2.24, 2.45) is 0 Å². The van der Waals surface area contributed by atoms with E-state index in [1.54, 1.807) is 0 Å². The monoisotopic (exact) mass is 338 g/mol. The standard InChI is InChI=1S/C18H27ClN2O2/c1-21(14-18(22)20-16-8-3-2-4-9-16)11-6-12-23-17-10-5-7-15(19)13-17/h5,7,10,13,16H,2-4,6,8-9,11-12,14H2,1H3,(H,20,22). The maximum Gasteiger partial charge on any atom is 0.234 e. The first-order valence-corrected chi connectivity index (χ1v) is 8.87. The molecule has 1 aromatic rings. The van der Waals surface area contributed by atoms with Gasteiger partial charge < -0.3 is 10.1 Å². The quantitative estimate of drug-likeness (QED) is 0.738. The van der Waals surface area contributed by atoms with Gasteiger partial charge in [0.1, 0.15) is 5.75 Å². The number of nitrogens with zero attached hydrogens (tertiary/aromatic N) is 1. The van der Waals surface area contributed by atoms with Crippen LogP contribution in [-0.2, 0) is 4.79 Å². The van der Waals surface area contributed by atoms with Crippen LogP contribution >= 0.6 is 11.6 Å². The minimum absolute atomic E-state index is 0.134. The second kappa shape index (κ2) is 9.78. The Morgan fingerprint density at radius 1 is 1.35 bits per heavy atom. The Labute approximate surface area is 144 Å². The molecular weight excluding hydrogens is 312 g/mol. The zero-order chi connectivity index (χ0) is 16.5. The number of amides is 1. The van der Waals surface area contributed by atoms with Gasteiger partial charge in [-0.25, -0.2) is 0 Å². The van der Waals surface area contributed by atoms with Crippen LogP contribution in [0.3, 0.4) is 0 Å². The molecule has 4 nitrogen and oxygen atoms in total. The van der Waals surface area contributed by atoms with E-state index in [1.165, 1.54) is 19.3 Å². The number of carbonyl (C=O) groups is 1. The molecule has 1 saturated carbocycles. The van der Waals surface area contributed by atoms with Crippen LogP contribution in [0, 0.1) is 0 Å². The van der Waals surface area contributed by atoms with Gasteiger partial charge >= 0.3 is 0 Å². The van der Waals surface area contributed by atoms with E-state index >= 15 is 0 Å². The van der Waals surface area contributed by atoms with Crippen molar-refractivity contribution in [1.82, 2.24) is 10.2 Å². The first-order valence-electron chi connectivity index (χ1n) is 8.50. The summed E-state index contributed by atoms with van der Waals surface area (Å²) in [6, 6.07) is 7.79. The molecule has 2 rings (SSSR count). The topological polar surface area (TPSA) is 41.6 Å². The fraction of sp³-hybridized carbons (Fsp3) is 0.611. The number of ether oxygens (including phenoxy) is 1. The fourth-order valence-corrected chi connectivity index (χ4v) is 3.11. The summed E-state index contributed by atoms with van der Waals surface area (Å²) < 4.78 is 5.65. The lowest BCUT2D eigenvalue weighted by atomic mass is 9.95. The van der Waals surface area contributed by atoms with Gasteiger partial charge in [0.15, 0.2) is 0 Å². The average molecular weight is 339 g/mol. The number of rotatable bonds is 8. The number of benzene rings is 1. The third-order valence-electron chi connectivity index (χ3n) is 4.13. The van der Waals surface area contributed by atoms with E-state index < -0.39 is 0 Å². The SMILES string of the molecule is CN(CCCOc1cccc(Cl)c1)CC(=O)NC1CCCCC1. The third kappa shape index (κ3) is 7.23. The summed E-state index contributed by atoms with van der Waals surface area (Å²) in [6.07, 6.45) is 6.91. The molecule has 5 heteroatoms. The molecule has 1 amide bonds. The highest BCUT2D eigenvalue weighted by Crippen LogP contribution is 2.18. The van der Waals surface area contributed by atoms with Crippen molar-refractivity contribution in [3.8, 4) is 5.75 Å². The Hall–Kier alpha value is -1.26. The number of likely N-dealkylation sites (N-methyl/N-ethyl adjacent to an activating group) is 1. The van der Waals surface area contributed by atoms with Gasteiger partial charge in [0.2, 0.25) is 5.91 Å². The Morgan fingerprint density at radius 3 is 2.87 bits per heavy atom. The summed E-state index contributed by atoms with van der Waals surface area (Å²) in [5, 5.41) is 3.83. The van der Waals surface area contributed by atoms with Crippen LogP contribution in [0.25, 0.3) is 0 Å². The molecule has 1 N–H and O–H groups in total. The van der Waals surface area contributed by atoms with E-state index in [0.29, 0.717) is 24.2 Å². The number of carbonyl (C=O) groups excluding carboxylic acids is 1. The van der Waals surface area contributed by atoms with Gasteiger partial charge in [0.25, 0.3) is 0 Å². The molecule has 128 valence electrons. The molecule has 0 aromatic heterocycles. The first kappa shape index (κ1) is 18.1. The molecule has 0 saturated heterocycles. The zero-order valence-corrected chi connectivity index (χ0v) is 14.6. The number of halogens is 1. The van der Waals surface area contributed by atoms with E-state index in [2.05, 4.69) is 5.32 Å². The maximum atomic E-state index is 12.0. The van der Waals surface area contributed by atoms with E-state index in [9.17, 15) is 4.79 Å². The molecule has 1 aliphatic carbocycles. The number of nitrogens with one attached hydrogen (secondary N) is 1. The molecular formula is C18H27ClN2O2. The van der Waals surface area contributed by atoms with E-state index in [1.807, 2.05) is 36.2 Å². The third-order valence-corrected chi connectivity index (χ3v) is 4.37. The summed E-state index contributed by atoms with van der Waals surface area (Å²) in [6.45, 7) is 1.90. The van der Waals surface area contributed by atoms with E-state index in [0.717, 1.165) is 31.6 Å². The number of hydrogen-bond donors (Lipinski definition) is 1. The van der Waals surface area contributed by atoms with Crippen LogP contribution in [-0.4, -0.2) is 43.6 Å². The Morgan fingerprint density at radius 2 is 2.13 bits per heavy atom. The van der Waals surface area contributed by atoms with E-state index in [-0.39, 0.29) is 5.91 Å². The lowest BCUT2D eigenvalue weighted by molar-refractivity contribution is -0.122. The van der Waals surface area contributed by atoms with Crippen molar-refractivity contribution < 1.29 is 9.53 Å². The molecule has 0 atom stereocenters. The largest absolute Gasteiger partial charge is 0.493 e. The van der Waals surface area contributed by atoms with Gasteiger partial charge in [-0.3, -0.25) is 9.69 Å². The van der Waals surface area contributed by atoms with Crippen LogP contribution in [0.2, 0.25) is 5.02 Å². The molecule has 1 aliphatic rings. The van der Waals surface area contributed by atoms with Crippen molar-refractivity contribution >= 4 is 17.5 Å². The normalized spacial score (nSPS) is 15.6. The smallest absolute Gasteiger partial charge is 0.234 e. The van der Waals surface area contributed by atoms with Gasteiger partial charge in [-0.1, -0.05) is 36.9 Å². The minimum Gasteiger partial charge on any atom is -0.493 e. The predicted molar refractivity (Wildman–Crippen MR) is 94.1 cm³/mol. The summed E-state index contributed by atoms with van der Waals surface area (Å²) in [5.74, 6) is 0.922. The second-order valence-electron chi connectivity index (χ2n) is 6.30. The van der Waals surface area contributed by atoms with Gasteiger partial charge in [-0.05, 0) is 44.5 Å². The van der Waals surface area contributed by atoms with Gasteiger partial charge in [-0.15, -0.1) is 0 Å². The van der Waals surface area contributed by atoms with Crippen LogP contribution < -0.4 is 10.1 Å². The van der Waals surface area contributed by atoms with Crippen molar-refractivity contribution in [2.75, 3.05) is 26.7 Å². The minimum atomic E-state index is 0.134. The van der Waals surface area contributed by atoms with Gasteiger partial charge in [-0.2, -0.15) is 0 Å². The fourth-order valence-electron chi connectivity index (χ4n) is 2.93. The lowest BCUT2D eigenvalue weighted by Gasteiger charge is -2.24. The van der Waals surface area contributed by atoms with Crippen LogP contribution in [0.5, 0.6) is 5.75 Å². The first-order chi connectivity index (χ1) is 11.1. The van der Waals surface area contributed by atoms with E-state index in [4.69, 9.17) is 16.3 Å². The highest BCUT2D eigenvalue weighted by molar-refractivity contribution is 6.30. The Kier molecular flexibility index (Phi) is 7.69. The molecule has 0 unspecified atom stereocenters. The van der Waals surface area contributed by atoms with Gasteiger partial charge in [0, 0.05) is 17.6 Å². The predicted octanol–water partition coefficient (Wildman–Crippen LogP) is 3.49. The summed E-state index contributed by atoms with van der Waals surface area (Å²) in [4.78, 5) is 14.1.